The van der Waals surface area contributed by atoms with E-state index in [1.807, 2.05) is 31.2 Å². The van der Waals surface area contributed by atoms with Crippen molar-refractivity contribution in [2.75, 3.05) is 20.8 Å². The zero-order valence-corrected chi connectivity index (χ0v) is 10.5. The van der Waals surface area contributed by atoms with Gasteiger partial charge in [0.1, 0.15) is 11.8 Å². The largest absolute Gasteiger partial charge is 0.493 e. The molecule has 1 atom stereocenters. The summed E-state index contributed by atoms with van der Waals surface area (Å²) >= 11 is 0. The molecular formula is C13H19NO3. The number of likely N-dealkylation sites (N-methyl/N-ethyl adjacent to an activating group) is 1. The first-order chi connectivity index (χ1) is 8.19. The molecule has 0 radical (unpaired) electrons. The standard InChI is InChI=1S/C13H19NO3/c1-10-6-4-5-7-12(10)17-9-8-11(14-2)13(15)16-3/h4-7,11,14H,8-9H2,1-3H3. The van der Waals surface area contributed by atoms with E-state index in [0.717, 1.165) is 11.3 Å². The molecule has 4 nitrogen and oxygen atoms in total. The third-order valence-corrected chi connectivity index (χ3v) is 2.59. The first kappa shape index (κ1) is 13.5. The molecule has 0 aliphatic rings. The van der Waals surface area contributed by atoms with E-state index < -0.39 is 0 Å². The van der Waals surface area contributed by atoms with Crippen molar-refractivity contribution in [2.45, 2.75) is 19.4 Å². The summed E-state index contributed by atoms with van der Waals surface area (Å²) in [7, 11) is 3.12. The quantitative estimate of drug-likeness (QED) is 0.762. The van der Waals surface area contributed by atoms with Gasteiger partial charge in [-0.2, -0.15) is 0 Å². The summed E-state index contributed by atoms with van der Waals surface area (Å²) in [6.07, 6.45) is 0.581. The summed E-state index contributed by atoms with van der Waals surface area (Å²) in [4.78, 5) is 11.3. The summed E-state index contributed by atoms with van der Waals surface area (Å²) in [5, 5.41) is 2.90. The molecule has 17 heavy (non-hydrogen) atoms. The van der Waals surface area contributed by atoms with Gasteiger partial charge in [0.05, 0.1) is 13.7 Å². The van der Waals surface area contributed by atoms with Crippen LogP contribution in [0.3, 0.4) is 0 Å². The van der Waals surface area contributed by atoms with Crippen LogP contribution in [0.2, 0.25) is 0 Å². The fraction of sp³-hybridized carbons (Fsp3) is 0.462. The average Bonchev–Trinajstić information content (AvgIpc) is 2.36. The number of hydrogen-bond acceptors (Lipinski definition) is 4. The highest BCUT2D eigenvalue weighted by Crippen LogP contribution is 2.16. The molecule has 0 heterocycles. The Hall–Kier alpha value is -1.55. The van der Waals surface area contributed by atoms with Crippen molar-refractivity contribution >= 4 is 5.97 Å². The molecule has 0 fully saturated rings. The Kier molecular flexibility index (Phi) is 5.49. The first-order valence-electron chi connectivity index (χ1n) is 5.62. The Balaban J connectivity index is 2.42. The molecule has 0 aromatic heterocycles. The van der Waals surface area contributed by atoms with Gasteiger partial charge in [-0.15, -0.1) is 0 Å². The number of carbonyl (C=O) groups excluding carboxylic acids is 1. The van der Waals surface area contributed by atoms with Crippen LogP contribution in [0.4, 0.5) is 0 Å². The van der Waals surface area contributed by atoms with Gasteiger partial charge in [-0.05, 0) is 25.6 Å². The second-order valence-electron chi connectivity index (χ2n) is 3.77. The Bertz CT molecular complexity index is 365. The predicted molar refractivity (Wildman–Crippen MR) is 66.2 cm³/mol. The lowest BCUT2D eigenvalue weighted by Gasteiger charge is -2.14. The number of aryl methyl sites for hydroxylation is 1. The van der Waals surface area contributed by atoms with Gasteiger partial charge in [0, 0.05) is 6.42 Å². The number of hydrogen-bond donors (Lipinski definition) is 1. The topological polar surface area (TPSA) is 47.6 Å². The molecule has 0 bridgehead atoms. The van der Waals surface area contributed by atoms with Crippen molar-refractivity contribution in [2.24, 2.45) is 0 Å². The van der Waals surface area contributed by atoms with Gasteiger partial charge in [0.2, 0.25) is 0 Å². The van der Waals surface area contributed by atoms with Crippen molar-refractivity contribution in [3.63, 3.8) is 0 Å². The van der Waals surface area contributed by atoms with Crippen molar-refractivity contribution in [3.8, 4) is 5.75 Å². The van der Waals surface area contributed by atoms with Crippen LogP contribution in [0.5, 0.6) is 5.75 Å². The molecule has 0 aliphatic carbocycles. The molecule has 1 unspecified atom stereocenters. The minimum absolute atomic E-state index is 0.263. The van der Waals surface area contributed by atoms with Crippen molar-refractivity contribution < 1.29 is 14.3 Å². The lowest BCUT2D eigenvalue weighted by molar-refractivity contribution is -0.143. The molecule has 0 saturated carbocycles. The molecule has 1 N–H and O–H groups in total. The van der Waals surface area contributed by atoms with Crippen LogP contribution in [0.25, 0.3) is 0 Å². The minimum Gasteiger partial charge on any atom is -0.493 e. The van der Waals surface area contributed by atoms with E-state index in [-0.39, 0.29) is 12.0 Å². The van der Waals surface area contributed by atoms with Crippen LogP contribution in [0.15, 0.2) is 24.3 Å². The fourth-order valence-corrected chi connectivity index (χ4v) is 1.53. The number of carbonyl (C=O) groups is 1. The van der Waals surface area contributed by atoms with Crippen LogP contribution < -0.4 is 10.1 Å². The molecule has 0 saturated heterocycles. The van der Waals surface area contributed by atoms with Crippen LogP contribution in [-0.2, 0) is 9.53 Å². The highest BCUT2D eigenvalue weighted by Gasteiger charge is 2.16. The van der Waals surface area contributed by atoms with E-state index in [1.54, 1.807) is 7.05 Å². The maximum absolute atomic E-state index is 11.3. The van der Waals surface area contributed by atoms with Gasteiger partial charge in [0.25, 0.3) is 0 Å². The number of methoxy groups -OCH3 is 1. The Morgan fingerprint density at radius 2 is 2.12 bits per heavy atom. The predicted octanol–water partition coefficient (Wildman–Crippen LogP) is 1.52. The summed E-state index contributed by atoms with van der Waals surface area (Å²) in [6.45, 7) is 2.47. The smallest absolute Gasteiger partial charge is 0.322 e. The molecule has 1 rings (SSSR count). The summed E-state index contributed by atoms with van der Waals surface area (Å²) in [5.74, 6) is 0.591. The normalized spacial score (nSPS) is 11.9. The number of rotatable bonds is 6. The molecular weight excluding hydrogens is 218 g/mol. The molecule has 1 aromatic rings. The van der Waals surface area contributed by atoms with Crippen molar-refractivity contribution in [1.29, 1.82) is 0 Å². The second kappa shape index (κ2) is 6.91. The minimum atomic E-state index is -0.316. The molecule has 0 amide bonds. The van der Waals surface area contributed by atoms with Gasteiger partial charge in [0.15, 0.2) is 0 Å². The van der Waals surface area contributed by atoms with E-state index in [4.69, 9.17) is 4.74 Å². The number of ether oxygens (including phenoxy) is 2. The molecule has 4 heteroatoms. The average molecular weight is 237 g/mol. The van der Waals surface area contributed by atoms with Gasteiger partial charge in [-0.3, -0.25) is 4.79 Å². The van der Waals surface area contributed by atoms with Gasteiger partial charge >= 0.3 is 5.97 Å². The SMILES string of the molecule is CNC(CCOc1ccccc1C)C(=O)OC. The van der Waals surface area contributed by atoms with Crippen LogP contribution in [0, 0.1) is 6.92 Å². The Morgan fingerprint density at radius 3 is 2.71 bits per heavy atom. The third kappa shape index (κ3) is 4.07. The van der Waals surface area contributed by atoms with Crippen LogP contribution >= 0.6 is 0 Å². The van der Waals surface area contributed by atoms with Crippen LogP contribution in [0.1, 0.15) is 12.0 Å². The van der Waals surface area contributed by atoms with Gasteiger partial charge in [-0.1, -0.05) is 18.2 Å². The van der Waals surface area contributed by atoms with Crippen LogP contribution in [-0.4, -0.2) is 32.8 Å². The number of para-hydroxylation sites is 1. The lowest BCUT2D eigenvalue weighted by atomic mass is 10.2. The van der Waals surface area contributed by atoms with Gasteiger partial charge < -0.3 is 14.8 Å². The summed E-state index contributed by atoms with van der Waals surface area (Å²) < 4.78 is 10.3. The molecule has 94 valence electrons. The zero-order chi connectivity index (χ0) is 12.7. The number of benzene rings is 1. The van der Waals surface area contributed by atoms with E-state index >= 15 is 0 Å². The first-order valence-corrected chi connectivity index (χ1v) is 5.62. The Morgan fingerprint density at radius 1 is 1.41 bits per heavy atom. The van der Waals surface area contributed by atoms with Crippen molar-refractivity contribution in [3.05, 3.63) is 29.8 Å². The molecule has 1 aromatic carbocycles. The van der Waals surface area contributed by atoms with E-state index in [2.05, 4.69) is 10.1 Å². The number of esters is 1. The van der Waals surface area contributed by atoms with E-state index in [0.29, 0.717) is 13.0 Å². The third-order valence-electron chi connectivity index (χ3n) is 2.59. The monoisotopic (exact) mass is 237 g/mol. The molecule has 0 spiro atoms. The van der Waals surface area contributed by atoms with Crippen molar-refractivity contribution in [1.82, 2.24) is 5.32 Å². The zero-order valence-electron chi connectivity index (χ0n) is 10.5. The second-order valence-corrected chi connectivity index (χ2v) is 3.77. The highest BCUT2D eigenvalue weighted by molar-refractivity contribution is 5.75. The fourth-order valence-electron chi connectivity index (χ4n) is 1.53. The molecule has 0 aliphatic heterocycles. The van der Waals surface area contributed by atoms with E-state index in [9.17, 15) is 4.79 Å². The highest BCUT2D eigenvalue weighted by atomic mass is 16.5. The van der Waals surface area contributed by atoms with Gasteiger partial charge in [-0.25, -0.2) is 0 Å². The summed E-state index contributed by atoms with van der Waals surface area (Å²) in [5.41, 5.74) is 1.09. The number of nitrogens with one attached hydrogen (secondary N) is 1. The maximum Gasteiger partial charge on any atom is 0.322 e. The summed E-state index contributed by atoms with van der Waals surface area (Å²) in [6, 6.07) is 7.49. The lowest BCUT2D eigenvalue weighted by Crippen LogP contribution is -2.36. The van der Waals surface area contributed by atoms with E-state index in [1.165, 1.54) is 7.11 Å². The Labute approximate surface area is 102 Å². The maximum atomic E-state index is 11.3.